The van der Waals surface area contributed by atoms with Gasteiger partial charge in [0.1, 0.15) is 11.6 Å². The number of carbonyl (C=O) groups excluding carboxylic acids is 2. The number of nitrogens with zero attached hydrogens (tertiary/aromatic N) is 1. The lowest BCUT2D eigenvalue weighted by molar-refractivity contribution is -0.143. The Bertz CT molecular complexity index is 1120. The number of benzene rings is 2. The number of carboxylic acids is 1. The molecular weight excluding hydrogens is 487 g/mol. The highest BCUT2D eigenvalue weighted by Gasteiger charge is 2.27. The maximum Gasteiger partial charge on any atom is 0.306 e. The van der Waals surface area contributed by atoms with Gasteiger partial charge in [-0.2, -0.15) is 0 Å². The van der Waals surface area contributed by atoms with E-state index in [-0.39, 0.29) is 35.7 Å². The number of nitrogens with one attached hydrogen (secondary N) is 1. The Morgan fingerprint density at radius 2 is 1.68 bits per heavy atom. The van der Waals surface area contributed by atoms with Gasteiger partial charge in [0.05, 0.1) is 17.6 Å². The summed E-state index contributed by atoms with van der Waals surface area (Å²) in [5.74, 6) is -1.19. The summed E-state index contributed by atoms with van der Waals surface area (Å²) in [7, 11) is 0. The maximum absolute atomic E-state index is 14.6. The lowest BCUT2D eigenvalue weighted by Crippen LogP contribution is -2.32. The van der Waals surface area contributed by atoms with Crippen LogP contribution in [0.2, 0.25) is 0 Å². The van der Waals surface area contributed by atoms with Crippen molar-refractivity contribution in [1.29, 1.82) is 0 Å². The Kier molecular flexibility index (Phi) is 9.37. The average Bonchev–Trinajstić information content (AvgIpc) is 2.92. The first-order valence-electron chi connectivity index (χ1n) is 13.7. The predicted octanol–water partition coefficient (Wildman–Crippen LogP) is 5.48. The number of ether oxygens (including phenoxy) is 1. The van der Waals surface area contributed by atoms with Crippen LogP contribution in [0.15, 0.2) is 42.5 Å². The van der Waals surface area contributed by atoms with E-state index in [1.807, 2.05) is 24.3 Å². The molecule has 2 aliphatic rings. The number of halogens is 1. The number of piperidine rings is 1. The number of hydrogen-bond acceptors (Lipinski definition) is 5. The van der Waals surface area contributed by atoms with E-state index < -0.39 is 11.8 Å². The third kappa shape index (κ3) is 7.33. The zero-order valence-electron chi connectivity index (χ0n) is 22.0. The molecule has 1 aliphatic carbocycles. The molecule has 204 valence electrons. The van der Waals surface area contributed by atoms with Gasteiger partial charge in [0, 0.05) is 43.4 Å². The molecule has 1 aliphatic heterocycles. The van der Waals surface area contributed by atoms with Crippen molar-refractivity contribution in [3.8, 4) is 5.75 Å². The third-order valence-electron chi connectivity index (χ3n) is 7.71. The quantitative estimate of drug-likeness (QED) is 0.316. The minimum absolute atomic E-state index is 0.000886. The van der Waals surface area contributed by atoms with Gasteiger partial charge in [0.15, 0.2) is 5.78 Å². The number of carbonyl (C=O) groups is 3. The highest BCUT2D eigenvalue weighted by molar-refractivity contribution is 5.96. The molecule has 8 heteroatoms. The molecule has 0 atom stereocenters. The number of amides is 1. The molecule has 0 radical (unpaired) electrons. The van der Waals surface area contributed by atoms with Gasteiger partial charge in [-0.15, -0.1) is 0 Å². The van der Waals surface area contributed by atoms with Crippen LogP contribution in [-0.2, 0) is 4.79 Å². The molecule has 0 spiro atoms. The zero-order chi connectivity index (χ0) is 27.1. The van der Waals surface area contributed by atoms with Crippen LogP contribution in [0.1, 0.15) is 79.0 Å². The van der Waals surface area contributed by atoms with Crippen LogP contribution in [0.25, 0.3) is 0 Å². The summed E-state index contributed by atoms with van der Waals surface area (Å²) in [6.45, 7) is 4.66. The molecule has 38 heavy (non-hydrogen) atoms. The molecule has 1 saturated heterocycles. The standard InChI is InChI=1S/C30H37FN2O5/c1-20-14-17-33(18-15-20)23-8-4-21(5-9-23)29(35)32-16-2-3-28(34)26-13-12-25(19-27(26)31)38-24-10-6-22(7-11-24)30(36)37/h4-5,8-9,12-13,19-20,22,24H,2-3,6-7,10-11,14-18H2,1H3,(H,32,35)(H,36,37). The van der Waals surface area contributed by atoms with Gasteiger partial charge in [-0.3, -0.25) is 14.4 Å². The number of anilines is 1. The number of carboxylic acid groups (broad SMARTS) is 1. The van der Waals surface area contributed by atoms with Crippen molar-refractivity contribution in [2.75, 3.05) is 24.5 Å². The fourth-order valence-electron chi connectivity index (χ4n) is 5.19. The van der Waals surface area contributed by atoms with Gasteiger partial charge < -0.3 is 20.1 Å². The summed E-state index contributed by atoms with van der Waals surface area (Å²) in [4.78, 5) is 38.4. The Balaban J connectivity index is 1.18. The van der Waals surface area contributed by atoms with Crippen LogP contribution >= 0.6 is 0 Å². The number of aliphatic carboxylic acids is 1. The molecule has 7 nitrogen and oxygen atoms in total. The topological polar surface area (TPSA) is 95.9 Å². The summed E-state index contributed by atoms with van der Waals surface area (Å²) in [6, 6.07) is 11.8. The van der Waals surface area contributed by atoms with Gasteiger partial charge in [0.2, 0.25) is 0 Å². The Morgan fingerprint density at radius 3 is 2.32 bits per heavy atom. The van der Waals surface area contributed by atoms with Gasteiger partial charge >= 0.3 is 5.97 Å². The van der Waals surface area contributed by atoms with Crippen LogP contribution in [-0.4, -0.2) is 48.5 Å². The number of Topliss-reactive ketones (excluding diaryl/α,β-unsaturated/α-hetero) is 1. The summed E-state index contributed by atoms with van der Waals surface area (Å²) in [6.07, 6.45) is 5.01. The molecule has 2 fully saturated rings. The second-order valence-corrected chi connectivity index (χ2v) is 10.6. The SMILES string of the molecule is CC1CCN(c2ccc(C(=O)NCCCC(=O)c3ccc(OC4CCC(C(=O)O)CC4)cc3F)cc2)CC1. The first-order chi connectivity index (χ1) is 18.3. The lowest BCUT2D eigenvalue weighted by atomic mass is 9.87. The van der Waals surface area contributed by atoms with Gasteiger partial charge in [-0.1, -0.05) is 6.92 Å². The molecule has 2 N–H and O–H groups in total. The molecule has 1 saturated carbocycles. The lowest BCUT2D eigenvalue weighted by Gasteiger charge is -2.32. The smallest absolute Gasteiger partial charge is 0.306 e. The monoisotopic (exact) mass is 524 g/mol. The van der Waals surface area contributed by atoms with Crippen molar-refractivity contribution in [2.24, 2.45) is 11.8 Å². The first-order valence-corrected chi connectivity index (χ1v) is 13.7. The van der Waals surface area contributed by atoms with Crippen LogP contribution in [0.3, 0.4) is 0 Å². The van der Waals surface area contributed by atoms with Crippen molar-refractivity contribution < 1.29 is 28.6 Å². The molecule has 1 amide bonds. The van der Waals surface area contributed by atoms with Gasteiger partial charge in [0.25, 0.3) is 5.91 Å². The summed E-state index contributed by atoms with van der Waals surface area (Å²) in [5.41, 5.74) is 1.70. The van der Waals surface area contributed by atoms with Crippen LogP contribution < -0.4 is 15.0 Å². The van der Waals surface area contributed by atoms with Crippen LogP contribution in [0, 0.1) is 17.7 Å². The van der Waals surface area contributed by atoms with E-state index in [1.54, 1.807) is 6.07 Å². The normalized spacial score (nSPS) is 20.1. The largest absolute Gasteiger partial charge is 0.490 e. The Hall–Kier alpha value is -3.42. The van der Waals surface area contributed by atoms with E-state index >= 15 is 0 Å². The van der Waals surface area contributed by atoms with Crippen molar-refractivity contribution in [3.05, 3.63) is 59.4 Å². The molecule has 2 aromatic rings. The zero-order valence-corrected chi connectivity index (χ0v) is 22.0. The van der Waals surface area contributed by atoms with E-state index in [9.17, 15) is 18.8 Å². The molecule has 2 aromatic carbocycles. The van der Waals surface area contributed by atoms with Crippen LogP contribution in [0.5, 0.6) is 5.75 Å². The average molecular weight is 525 g/mol. The first kappa shape index (κ1) is 27.6. The summed E-state index contributed by atoms with van der Waals surface area (Å²) in [5, 5.41) is 11.9. The number of hydrogen-bond donors (Lipinski definition) is 2. The van der Waals surface area contributed by atoms with Gasteiger partial charge in [-0.05, 0) is 87.3 Å². The second-order valence-electron chi connectivity index (χ2n) is 10.6. The number of rotatable bonds is 10. The minimum Gasteiger partial charge on any atom is -0.490 e. The van der Waals surface area contributed by atoms with Crippen molar-refractivity contribution in [3.63, 3.8) is 0 Å². The maximum atomic E-state index is 14.6. The predicted molar refractivity (Wildman–Crippen MR) is 143 cm³/mol. The van der Waals surface area contributed by atoms with Crippen LogP contribution in [0.4, 0.5) is 10.1 Å². The Morgan fingerprint density at radius 1 is 1.00 bits per heavy atom. The van der Waals surface area contributed by atoms with E-state index in [0.717, 1.165) is 24.7 Å². The van der Waals surface area contributed by atoms with E-state index in [0.29, 0.717) is 50.0 Å². The number of ketones is 1. The fourth-order valence-corrected chi connectivity index (χ4v) is 5.19. The summed E-state index contributed by atoms with van der Waals surface area (Å²) >= 11 is 0. The van der Waals surface area contributed by atoms with Crippen molar-refractivity contribution in [2.45, 2.75) is 64.4 Å². The minimum atomic E-state index is -0.784. The second kappa shape index (κ2) is 12.9. The third-order valence-corrected chi connectivity index (χ3v) is 7.71. The highest BCUT2D eigenvalue weighted by Crippen LogP contribution is 2.29. The fraction of sp³-hybridized carbons (Fsp3) is 0.500. The van der Waals surface area contributed by atoms with E-state index in [4.69, 9.17) is 9.84 Å². The van der Waals surface area contributed by atoms with Crippen molar-refractivity contribution >= 4 is 23.3 Å². The van der Waals surface area contributed by atoms with E-state index in [2.05, 4.69) is 17.1 Å². The molecular formula is C30H37FN2O5. The molecule has 4 rings (SSSR count). The van der Waals surface area contributed by atoms with Gasteiger partial charge in [-0.25, -0.2) is 4.39 Å². The van der Waals surface area contributed by atoms with Crippen molar-refractivity contribution in [1.82, 2.24) is 5.32 Å². The summed E-state index contributed by atoms with van der Waals surface area (Å²) < 4.78 is 20.4. The molecule has 0 aromatic heterocycles. The highest BCUT2D eigenvalue weighted by atomic mass is 19.1. The molecule has 0 bridgehead atoms. The molecule has 0 unspecified atom stereocenters. The molecule has 1 heterocycles. The van der Waals surface area contributed by atoms with E-state index in [1.165, 1.54) is 25.0 Å². The Labute approximate surface area is 223 Å².